The lowest BCUT2D eigenvalue weighted by Gasteiger charge is -2.08. The molecule has 0 radical (unpaired) electrons. The van der Waals surface area contributed by atoms with Crippen LogP contribution in [0.4, 0.5) is 0 Å². The fourth-order valence-electron chi connectivity index (χ4n) is 1.93. The van der Waals surface area contributed by atoms with Crippen molar-refractivity contribution in [3.05, 3.63) is 60.2 Å². The van der Waals surface area contributed by atoms with Crippen molar-refractivity contribution in [2.24, 2.45) is 5.92 Å². The van der Waals surface area contributed by atoms with Crippen molar-refractivity contribution in [2.45, 2.75) is 13.3 Å². The van der Waals surface area contributed by atoms with Gasteiger partial charge >= 0.3 is 0 Å². The van der Waals surface area contributed by atoms with E-state index in [9.17, 15) is 0 Å². The van der Waals surface area contributed by atoms with Gasteiger partial charge in [0.2, 0.25) is 0 Å². The first-order chi connectivity index (χ1) is 8.29. The molecule has 0 bridgehead atoms. The maximum atomic E-state index is 9.03. The maximum Gasteiger partial charge on any atom is 0.0459 e. The molecule has 0 unspecified atom stereocenters. The molecule has 1 N–H and O–H groups in total. The van der Waals surface area contributed by atoms with Crippen molar-refractivity contribution < 1.29 is 5.11 Å². The van der Waals surface area contributed by atoms with E-state index in [0.717, 1.165) is 6.42 Å². The van der Waals surface area contributed by atoms with Crippen molar-refractivity contribution in [1.29, 1.82) is 0 Å². The van der Waals surface area contributed by atoms with Gasteiger partial charge in [-0.3, -0.25) is 0 Å². The SMILES string of the molecule is C[C@H](CO)Cc1ccc(-c2ccccc2)cc1. The molecule has 0 aliphatic rings. The molecule has 1 nitrogen and oxygen atoms in total. The first-order valence-corrected chi connectivity index (χ1v) is 6.05. The van der Waals surface area contributed by atoms with Crippen LogP contribution < -0.4 is 0 Å². The fourth-order valence-corrected chi connectivity index (χ4v) is 1.93. The summed E-state index contributed by atoms with van der Waals surface area (Å²) in [6.07, 6.45) is 0.936. The highest BCUT2D eigenvalue weighted by atomic mass is 16.3. The third kappa shape index (κ3) is 3.18. The second-order valence-corrected chi connectivity index (χ2v) is 4.55. The first-order valence-electron chi connectivity index (χ1n) is 6.05. The number of aliphatic hydroxyl groups excluding tert-OH is 1. The predicted molar refractivity (Wildman–Crippen MR) is 71.8 cm³/mol. The van der Waals surface area contributed by atoms with E-state index in [1.54, 1.807) is 0 Å². The second-order valence-electron chi connectivity index (χ2n) is 4.55. The van der Waals surface area contributed by atoms with Gasteiger partial charge in [0.1, 0.15) is 0 Å². The molecule has 0 aliphatic heterocycles. The lowest BCUT2D eigenvalue weighted by Crippen LogP contribution is -2.04. The van der Waals surface area contributed by atoms with E-state index in [0.29, 0.717) is 5.92 Å². The summed E-state index contributed by atoms with van der Waals surface area (Å²) in [6.45, 7) is 2.31. The van der Waals surface area contributed by atoms with Gasteiger partial charge in [0.25, 0.3) is 0 Å². The van der Waals surface area contributed by atoms with Crippen LogP contribution in [0.5, 0.6) is 0 Å². The van der Waals surface area contributed by atoms with E-state index < -0.39 is 0 Å². The van der Waals surface area contributed by atoms with Gasteiger partial charge in [-0.05, 0) is 29.0 Å². The zero-order valence-electron chi connectivity index (χ0n) is 10.1. The van der Waals surface area contributed by atoms with Crippen LogP contribution in [-0.2, 0) is 6.42 Å². The molecule has 0 fully saturated rings. The molecule has 0 saturated heterocycles. The van der Waals surface area contributed by atoms with E-state index in [4.69, 9.17) is 5.11 Å². The highest BCUT2D eigenvalue weighted by Crippen LogP contribution is 2.20. The van der Waals surface area contributed by atoms with E-state index in [1.807, 2.05) is 6.07 Å². The number of hydrogen-bond donors (Lipinski definition) is 1. The lowest BCUT2D eigenvalue weighted by atomic mass is 9.99. The van der Waals surface area contributed by atoms with Gasteiger partial charge < -0.3 is 5.11 Å². The van der Waals surface area contributed by atoms with Crippen molar-refractivity contribution in [1.82, 2.24) is 0 Å². The average Bonchev–Trinajstić information content (AvgIpc) is 2.40. The van der Waals surface area contributed by atoms with Crippen LogP contribution >= 0.6 is 0 Å². The Morgan fingerprint density at radius 3 is 2.06 bits per heavy atom. The molecule has 0 spiro atoms. The molecule has 0 amide bonds. The molecule has 0 aromatic heterocycles. The fraction of sp³-hybridized carbons (Fsp3) is 0.250. The molecule has 2 aromatic rings. The number of benzene rings is 2. The molecule has 17 heavy (non-hydrogen) atoms. The summed E-state index contributed by atoms with van der Waals surface area (Å²) < 4.78 is 0. The van der Waals surface area contributed by atoms with Gasteiger partial charge in [0.05, 0.1) is 0 Å². The quantitative estimate of drug-likeness (QED) is 0.845. The van der Waals surface area contributed by atoms with Gasteiger partial charge in [-0.1, -0.05) is 61.5 Å². The van der Waals surface area contributed by atoms with Crippen molar-refractivity contribution >= 4 is 0 Å². The Hall–Kier alpha value is -1.60. The van der Waals surface area contributed by atoms with E-state index in [-0.39, 0.29) is 6.61 Å². The number of hydrogen-bond acceptors (Lipinski definition) is 1. The molecule has 0 aliphatic carbocycles. The summed E-state index contributed by atoms with van der Waals surface area (Å²) >= 11 is 0. The highest BCUT2D eigenvalue weighted by Gasteiger charge is 2.02. The van der Waals surface area contributed by atoms with Gasteiger partial charge in [-0.25, -0.2) is 0 Å². The Balaban J connectivity index is 2.13. The zero-order chi connectivity index (χ0) is 12.1. The smallest absolute Gasteiger partial charge is 0.0459 e. The van der Waals surface area contributed by atoms with Crippen LogP contribution in [-0.4, -0.2) is 11.7 Å². The summed E-state index contributed by atoms with van der Waals surface area (Å²) in [7, 11) is 0. The van der Waals surface area contributed by atoms with Crippen molar-refractivity contribution in [3.8, 4) is 11.1 Å². The van der Waals surface area contributed by atoms with Crippen molar-refractivity contribution in [3.63, 3.8) is 0 Å². The van der Waals surface area contributed by atoms with Gasteiger partial charge in [-0.15, -0.1) is 0 Å². The van der Waals surface area contributed by atoms with E-state index in [1.165, 1.54) is 16.7 Å². The summed E-state index contributed by atoms with van der Waals surface area (Å²) in [5, 5.41) is 9.03. The number of aliphatic hydroxyl groups is 1. The molecule has 0 heterocycles. The van der Waals surface area contributed by atoms with Crippen LogP contribution in [0.1, 0.15) is 12.5 Å². The lowest BCUT2D eigenvalue weighted by molar-refractivity contribution is 0.237. The Morgan fingerprint density at radius 2 is 1.47 bits per heavy atom. The maximum absolute atomic E-state index is 9.03. The third-order valence-electron chi connectivity index (χ3n) is 2.96. The van der Waals surface area contributed by atoms with E-state index >= 15 is 0 Å². The minimum absolute atomic E-state index is 0.250. The summed E-state index contributed by atoms with van der Waals surface area (Å²) in [4.78, 5) is 0. The van der Waals surface area contributed by atoms with Crippen LogP contribution in [0, 0.1) is 5.92 Å². The monoisotopic (exact) mass is 226 g/mol. The molecule has 1 heteroatoms. The molecule has 2 aromatic carbocycles. The topological polar surface area (TPSA) is 20.2 Å². The normalized spacial score (nSPS) is 12.4. The summed E-state index contributed by atoms with van der Waals surface area (Å²) in [5.74, 6) is 0.331. The van der Waals surface area contributed by atoms with E-state index in [2.05, 4.69) is 55.5 Å². The van der Waals surface area contributed by atoms with Crippen LogP contribution in [0.3, 0.4) is 0 Å². The average molecular weight is 226 g/mol. The molecule has 1 atom stereocenters. The Kier molecular flexibility index (Phi) is 3.94. The molecular formula is C16H18O. The third-order valence-corrected chi connectivity index (χ3v) is 2.96. The largest absolute Gasteiger partial charge is 0.396 e. The molecule has 2 rings (SSSR count). The molecular weight excluding hydrogens is 208 g/mol. The van der Waals surface area contributed by atoms with Crippen LogP contribution in [0.25, 0.3) is 11.1 Å². The minimum Gasteiger partial charge on any atom is -0.396 e. The Bertz CT molecular complexity index is 445. The zero-order valence-corrected chi connectivity index (χ0v) is 10.1. The highest BCUT2D eigenvalue weighted by molar-refractivity contribution is 5.63. The predicted octanol–water partition coefficient (Wildman–Crippen LogP) is 3.52. The second kappa shape index (κ2) is 5.65. The standard InChI is InChI=1S/C16H18O/c1-13(12-17)11-14-7-9-16(10-8-14)15-5-3-2-4-6-15/h2-10,13,17H,11-12H2,1H3/t13-/m0/s1. The minimum atomic E-state index is 0.250. The van der Waals surface area contributed by atoms with Gasteiger partial charge in [0, 0.05) is 6.61 Å². The summed E-state index contributed by atoms with van der Waals surface area (Å²) in [5.41, 5.74) is 3.77. The van der Waals surface area contributed by atoms with Gasteiger partial charge in [0.15, 0.2) is 0 Å². The molecule has 0 saturated carbocycles. The molecule has 88 valence electrons. The van der Waals surface area contributed by atoms with Gasteiger partial charge in [-0.2, -0.15) is 0 Å². The van der Waals surface area contributed by atoms with Crippen LogP contribution in [0.15, 0.2) is 54.6 Å². The first kappa shape index (κ1) is 11.9. The van der Waals surface area contributed by atoms with Crippen molar-refractivity contribution in [2.75, 3.05) is 6.61 Å². The Labute approximate surface area is 103 Å². The number of rotatable bonds is 4. The van der Waals surface area contributed by atoms with Crippen LogP contribution in [0.2, 0.25) is 0 Å². The Morgan fingerprint density at radius 1 is 0.882 bits per heavy atom. The summed E-state index contributed by atoms with van der Waals surface area (Å²) in [6, 6.07) is 19.0.